The monoisotopic (exact) mass is 214 g/mol. The second-order valence-electron chi connectivity index (χ2n) is 3.41. The second-order valence-corrected chi connectivity index (χ2v) is 3.41. The maximum absolute atomic E-state index is 10.6. The van der Waals surface area contributed by atoms with Crippen LogP contribution in [-0.4, -0.2) is 11.4 Å². The molecule has 1 aromatic carbocycles. The first-order valence-corrected chi connectivity index (χ1v) is 4.91. The second kappa shape index (κ2) is 5.71. The van der Waals surface area contributed by atoms with Crippen molar-refractivity contribution < 1.29 is 9.90 Å². The fourth-order valence-electron chi connectivity index (χ4n) is 1.46. The highest BCUT2D eigenvalue weighted by Gasteiger charge is 2.01. The van der Waals surface area contributed by atoms with Crippen LogP contribution in [0, 0.1) is 0 Å². The van der Waals surface area contributed by atoms with E-state index in [0.29, 0.717) is 18.3 Å². The molecule has 0 amide bonds. The van der Waals surface area contributed by atoms with Crippen LogP contribution < -0.4 is 0 Å². The van der Waals surface area contributed by atoms with Crippen molar-refractivity contribution in [3.8, 4) is 5.75 Å². The predicted octanol–water partition coefficient (Wildman–Crippen LogP) is 3.05. The molecule has 1 rings (SSSR count). The molecule has 2 heteroatoms. The molecule has 1 N–H and O–H groups in total. The standard InChI is InChI=1S/C14H14O2/c1-3-5-11(4-2)6-12-7-13(10-15)9-14(16)8-12/h3-5,7-10,16H,1-2,6H2/b11-5+. The summed E-state index contributed by atoms with van der Waals surface area (Å²) in [6, 6.07) is 4.81. The highest BCUT2D eigenvalue weighted by Crippen LogP contribution is 2.17. The van der Waals surface area contributed by atoms with Gasteiger partial charge >= 0.3 is 0 Å². The van der Waals surface area contributed by atoms with E-state index in [9.17, 15) is 9.90 Å². The van der Waals surface area contributed by atoms with Gasteiger partial charge in [-0.2, -0.15) is 0 Å². The van der Waals surface area contributed by atoms with Gasteiger partial charge < -0.3 is 5.11 Å². The van der Waals surface area contributed by atoms with Gasteiger partial charge in [0.15, 0.2) is 0 Å². The molecular formula is C14H14O2. The van der Waals surface area contributed by atoms with Crippen molar-refractivity contribution in [1.29, 1.82) is 0 Å². The Hall–Kier alpha value is -2.09. The lowest BCUT2D eigenvalue weighted by Crippen LogP contribution is -1.90. The molecule has 0 spiro atoms. The van der Waals surface area contributed by atoms with Crippen molar-refractivity contribution in [3.63, 3.8) is 0 Å². The minimum Gasteiger partial charge on any atom is -0.508 e. The fourth-order valence-corrected chi connectivity index (χ4v) is 1.46. The average Bonchev–Trinajstić information content (AvgIpc) is 2.27. The van der Waals surface area contributed by atoms with Crippen molar-refractivity contribution in [3.05, 3.63) is 66.3 Å². The van der Waals surface area contributed by atoms with E-state index < -0.39 is 0 Å². The molecule has 0 bridgehead atoms. The van der Waals surface area contributed by atoms with Crippen LogP contribution in [0.5, 0.6) is 5.75 Å². The molecule has 0 fully saturated rings. The molecule has 82 valence electrons. The molecule has 0 atom stereocenters. The molecule has 0 unspecified atom stereocenters. The maximum atomic E-state index is 10.6. The van der Waals surface area contributed by atoms with Crippen molar-refractivity contribution in [2.45, 2.75) is 6.42 Å². The van der Waals surface area contributed by atoms with Crippen LogP contribution in [0.1, 0.15) is 15.9 Å². The molecule has 0 radical (unpaired) electrons. The topological polar surface area (TPSA) is 37.3 Å². The summed E-state index contributed by atoms with van der Waals surface area (Å²) < 4.78 is 0. The number of carbonyl (C=O) groups is 1. The van der Waals surface area contributed by atoms with Gasteiger partial charge in [-0.25, -0.2) is 0 Å². The van der Waals surface area contributed by atoms with Crippen molar-refractivity contribution in [2.75, 3.05) is 0 Å². The van der Waals surface area contributed by atoms with Crippen LogP contribution in [0.3, 0.4) is 0 Å². The first-order valence-electron chi connectivity index (χ1n) is 4.91. The van der Waals surface area contributed by atoms with Gasteiger partial charge in [-0.3, -0.25) is 4.79 Å². The third kappa shape index (κ3) is 3.24. The summed E-state index contributed by atoms with van der Waals surface area (Å²) in [5.41, 5.74) is 2.32. The quantitative estimate of drug-likeness (QED) is 0.604. The van der Waals surface area contributed by atoms with E-state index >= 15 is 0 Å². The number of rotatable bonds is 5. The van der Waals surface area contributed by atoms with Crippen LogP contribution >= 0.6 is 0 Å². The summed E-state index contributed by atoms with van der Waals surface area (Å²) in [5.74, 6) is 0.0987. The lowest BCUT2D eigenvalue weighted by atomic mass is 10.0. The Bertz CT molecular complexity index is 442. The lowest BCUT2D eigenvalue weighted by Gasteiger charge is -2.04. The Morgan fingerprint density at radius 2 is 2.06 bits per heavy atom. The Morgan fingerprint density at radius 3 is 2.62 bits per heavy atom. The number of phenols is 1. The van der Waals surface area contributed by atoms with Gasteiger partial charge in [0.05, 0.1) is 0 Å². The summed E-state index contributed by atoms with van der Waals surface area (Å²) >= 11 is 0. The minimum atomic E-state index is 0.0987. The van der Waals surface area contributed by atoms with Gasteiger partial charge in [-0.15, -0.1) is 0 Å². The number of benzene rings is 1. The number of hydrogen-bond acceptors (Lipinski definition) is 2. The summed E-state index contributed by atoms with van der Waals surface area (Å²) in [7, 11) is 0. The molecule has 1 aromatic rings. The first kappa shape index (κ1) is 12.0. The summed E-state index contributed by atoms with van der Waals surface area (Å²) in [5, 5.41) is 9.42. The molecule has 0 saturated carbocycles. The SMILES string of the molecule is C=C/C=C(\C=C)Cc1cc(O)cc(C=O)c1. The maximum Gasteiger partial charge on any atom is 0.150 e. The molecular weight excluding hydrogens is 200 g/mol. The number of aromatic hydroxyl groups is 1. The fraction of sp³-hybridized carbons (Fsp3) is 0.0714. The predicted molar refractivity (Wildman–Crippen MR) is 65.7 cm³/mol. The van der Waals surface area contributed by atoms with Gasteiger partial charge in [0, 0.05) is 5.56 Å². The molecule has 0 heterocycles. The van der Waals surface area contributed by atoms with Crippen LogP contribution in [0.4, 0.5) is 0 Å². The molecule has 16 heavy (non-hydrogen) atoms. The summed E-state index contributed by atoms with van der Waals surface area (Å²) in [4.78, 5) is 10.6. The van der Waals surface area contributed by atoms with Crippen molar-refractivity contribution >= 4 is 6.29 Å². The number of aldehydes is 1. The van der Waals surface area contributed by atoms with Gasteiger partial charge in [-0.1, -0.05) is 31.4 Å². The van der Waals surface area contributed by atoms with Crippen molar-refractivity contribution in [2.24, 2.45) is 0 Å². The number of allylic oxidation sites excluding steroid dienone is 4. The van der Waals surface area contributed by atoms with Gasteiger partial charge in [0.1, 0.15) is 12.0 Å². The third-order valence-corrected chi connectivity index (χ3v) is 2.14. The highest BCUT2D eigenvalue weighted by atomic mass is 16.3. The minimum absolute atomic E-state index is 0.0987. The summed E-state index contributed by atoms with van der Waals surface area (Å²) in [6.45, 7) is 7.30. The first-order chi connectivity index (χ1) is 7.69. The van der Waals surface area contributed by atoms with Crippen LogP contribution in [0.15, 0.2) is 55.2 Å². The Labute approximate surface area is 95.2 Å². The van der Waals surface area contributed by atoms with Gasteiger partial charge in [0.25, 0.3) is 0 Å². The van der Waals surface area contributed by atoms with Crippen molar-refractivity contribution in [1.82, 2.24) is 0 Å². The zero-order valence-corrected chi connectivity index (χ0v) is 9.02. The van der Waals surface area contributed by atoms with E-state index in [-0.39, 0.29) is 5.75 Å². The Balaban J connectivity index is 3.00. The third-order valence-electron chi connectivity index (χ3n) is 2.14. The normalized spacial score (nSPS) is 10.9. The molecule has 2 nitrogen and oxygen atoms in total. The molecule has 0 saturated heterocycles. The van der Waals surface area contributed by atoms with E-state index in [0.717, 1.165) is 11.1 Å². The van der Waals surface area contributed by atoms with E-state index in [4.69, 9.17) is 0 Å². The zero-order valence-electron chi connectivity index (χ0n) is 9.02. The Kier molecular flexibility index (Phi) is 4.28. The van der Waals surface area contributed by atoms with Crippen LogP contribution in [-0.2, 0) is 6.42 Å². The van der Waals surface area contributed by atoms with Crippen LogP contribution in [0.25, 0.3) is 0 Å². The lowest BCUT2D eigenvalue weighted by molar-refractivity contribution is 0.112. The van der Waals surface area contributed by atoms with Crippen LogP contribution in [0.2, 0.25) is 0 Å². The Morgan fingerprint density at radius 1 is 1.31 bits per heavy atom. The molecule has 0 aromatic heterocycles. The smallest absolute Gasteiger partial charge is 0.150 e. The van der Waals surface area contributed by atoms with E-state index in [2.05, 4.69) is 13.2 Å². The average molecular weight is 214 g/mol. The molecule has 0 aliphatic carbocycles. The largest absolute Gasteiger partial charge is 0.508 e. The van der Waals surface area contributed by atoms with E-state index in [1.165, 1.54) is 6.07 Å². The highest BCUT2D eigenvalue weighted by molar-refractivity contribution is 5.76. The van der Waals surface area contributed by atoms with Gasteiger partial charge in [0.2, 0.25) is 0 Å². The number of carbonyl (C=O) groups excluding carboxylic acids is 1. The zero-order chi connectivity index (χ0) is 12.0. The molecule has 0 aliphatic rings. The number of hydrogen-bond donors (Lipinski definition) is 1. The molecule has 0 aliphatic heterocycles. The summed E-state index contributed by atoms with van der Waals surface area (Å²) in [6.07, 6.45) is 6.59. The van der Waals surface area contributed by atoms with E-state index in [1.807, 2.05) is 6.08 Å². The van der Waals surface area contributed by atoms with Gasteiger partial charge in [-0.05, 0) is 35.8 Å². The van der Waals surface area contributed by atoms with E-state index in [1.54, 1.807) is 24.3 Å². The number of phenolic OH excluding ortho intramolecular Hbond substituents is 1.